The maximum Gasteiger partial charge on any atom is 0.0991 e. The summed E-state index contributed by atoms with van der Waals surface area (Å²) in [7, 11) is 0. The van der Waals surface area contributed by atoms with Crippen molar-refractivity contribution in [1.29, 1.82) is 10.5 Å². The second-order valence-corrected chi connectivity index (χ2v) is 19.5. The predicted molar refractivity (Wildman–Crippen MR) is 251 cm³/mol. The molecule has 0 aromatic heterocycles. The standard InChI is InChI=1S/C56H50N4S/c1-35-30-48(55-44-16-6-2-12-40(44)53(41-13-3-7-17-45(41)55)38-26-22-36(31-57)23-27-38)49(33-60-34-52(61-35)59-50-20-10-11-21-51(50)60)56-46-18-8-4-14-42(46)54(43-15-5-9-19-47(43)56)39-28-24-37(32-58)25-29-39/h2,4,6-12,14,16-30,35,40,42-45,47,49,54-55H,3,5,13,15,33-34H2,1H3. The van der Waals surface area contributed by atoms with Gasteiger partial charge in [-0.25, -0.2) is 4.99 Å². The van der Waals surface area contributed by atoms with Crippen LogP contribution in [0, 0.1) is 70.0 Å². The molecule has 0 spiro atoms. The van der Waals surface area contributed by atoms with Crippen molar-refractivity contribution in [1.82, 2.24) is 0 Å². The Morgan fingerprint density at radius 1 is 0.738 bits per heavy atom. The summed E-state index contributed by atoms with van der Waals surface area (Å²) in [5.74, 6) is 2.50. The van der Waals surface area contributed by atoms with E-state index in [2.05, 4.69) is 151 Å². The molecule has 3 aromatic carbocycles. The number of anilines is 1. The van der Waals surface area contributed by atoms with E-state index in [4.69, 9.17) is 4.99 Å². The van der Waals surface area contributed by atoms with Crippen LogP contribution in [0.2, 0.25) is 0 Å². The van der Waals surface area contributed by atoms with Crippen molar-refractivity contribution >= 4 is 33.8 Å². The highest BCUT2D eigenvalue weighted by Crippen LogP contribution is 2.60. The van der Waals surface area contributed by atoms with Crippen molar-refractivity contribution in [2.24, 2.45) is 52.3 Å². The van der Waals surface area contributed by atoms with Gasteiger partial charge in [0.05, 0.1) is 46.2 Å². The summed E-state index contributed by atoms with van der Waals surface area (Å²) < 4.78 is 0. The molecule has 2 heterocycles. The maximum atomic E-state index is 9.74. The second-order valence-electron chi connectivity index (χ2n) is 18.1. The Morgan fingerprint density at radius 2 is 1.48 bits per heavy atom. The zero-order valence-electron chi connectivity index (χ0n) is 34.6. The lowest BCUT2D eigenvalue weighted by Crippen LogP contribution is -2.45. The number of thioether (sulfide) groups is 1. The Balaban J connectivity index is 1.14. The van der Waals surface area contributed by atoms with Gasteiger partial charge in [0.2, 0.25) is 0 Å². The molecule has 11 rings (SSSR count). The van der Waals surface area contributed by atoms with E-state index in [-0.39, 0.29) is 46.7 Å². The van der Waals surface area contributed by atoms with Crippen molar-refractivity contribution in [2.45, 2.75) is 43.8 Å². The monoisotopic (exact) mass is 810 g/mol. The van der Waals surface area contributed by atoms with Crippen LogP contribution in [0.15, 0.2) is 179 Å². The van der Waals surface area contributed by atoms with E-state index >= 15 is 0 Å². The number of nitrogens with zero attached hydrogens (tertiary/aromatic N) is 4. The van der Waals surface area contributed by atoms with Crippen molar-refractivity contribution in [2.75, 3.05) is 18.0 Å². The van der Waals surface area contributed by atoms with Crippen LogP contribution in [0.1, 0.15) is 60.8 Å². The average molecular weight is 811 g/mol. The summed E-state index contributed by atoms with van der Waals surface area (Å²) in [5, 5.41) is 20.9. The number of para-hydroxylation sites is 2. The highest BCUT2D eigenvalue weighted by Gasteiger charge is 2.51. The second kappa shape index (κ2) is 15.9. The third-order valence-electron chi connectivity index (χ3n) is 14.9. The Bertz CT molecular complexity index is 2670. The molecule has 0 amide bonds. The Morgan fingerprint density at radius 3 is 2.31 bits per heavy atom. The van der Waals surface area contributed by atoms with Crippen LogP contribution in [0.5, 0.6) is 0 Å². The van der Waals surface area contributed by atoms with E-state index in [9.17, 15) is 10.5 Å². The highest BCUT2D eigenvalue weighted by molar-refractivity contribution is 8.14. The van der Waals surface area contributed by atoms with Crippen molar-refractivity contribution in [3.8, 4) is 12.1 Å². The summed E-state index contributed by atoms with van der Waals surface area (Å²) >= 11 is 1.94. The van der Waals surface area contributed by atoms with Crippen molar-refractivity contribution < 1.29 is 0 Å². The fraction of sp³-hybridized carbons (Fsp3) is 0.304. The quantitative estimate of drug-likeness (QED) is 0.246. The maximum absolute atomic E-state index is 9.74. The van der Waals surface area contributed by atoms with Gasteiger partial charge in [-0.3, -0.25) is 0 Å². The third-order valence-corrected chi connectivity index (χ3v) is 15.9. The smallest absolute Gasteiger partial charge is 0.0991 e. The first kappa shape index (κ1) is 38.1. The lowest BCUT2D eigenvalue weighted by atomic mass is 9.53. The van der Waals surface area contributed by atoms with Crippen LogP contribution in [-0.2, 0) is 0 Å². The zero-order valence-corrected chi connectivity index (χ0v) is 35.5. The molecular formula is C56H50N4S. The van der Waals surface area contributed by atoms with E-state index < -0.39 is 0 Å². The number of hydrogen-bond donors (Lipinski definition) is 0. The lowest BCUT2D eigenvalue weighted by Gasteiger charge is -2.52. The Hall–Kier alpha value is -5.88. The molecule has 61 heavy (non-hydrogen) atoms. The van der Waals surface area contributed by atoms with Crippen LogP contribution in [0.4, 0.5) is 11.4 Å². The van der Waals surface area contributed by atoms with Gasteiger partial charge in [-0.2, -0.15) is 10.5 Å². The molecule has 0 N–H and O–H groups in total. The Kier molecular flexibility index (Phi) is 9.90. The molecule has 2 bridgehead atoms. The van der Waals surface area contributed by atoms with Gasteiger partial charge in [0.25, 0.3) is 0 Å². The number of allylic oxidation sites excluding steroid dienone is 15. The van der Waals surface area contributed by atoms with Gasteiger partial charge in [0.1, 0.15) is 0 Å². The molecule has 10 atom stereocenters. The van der Waals surface area contributed by atoms with Gasteiger partial charge >= 0.3 is 0 Å². The molecule has 0 saturated carbocycles. The number of fused-ring (bicyclic) bond motifs is 8. The summed E-state index contributed by atoms with van der Waals surface area (Å²) in [6, 6.07) is 30.4. The van der Waals surface area contributed by atoms with Crippen molar-refractivity contribution in [3.05, 3.63) is 196 Å². The van der Waals surface area contributed by atoms with Gasteiger partial charge in [-0.1, -0.05) is 132 Å². The van der Waals surface area contributed by atoms with E-state index in [1.807, 2.05) is 36.0 Å². The number of aliphatic imine (C=N–C) groups is 1. The minimum absolute atomic E-state index is 0.164. The number of hydrogen-bond acceptors (Lipinski definition) is 5. The normalized spacial score (nSPS) is 31.8. The summed E-state index contributed by atoms with van der Waals surface area (Å²) in [4.78, 5) is 7.97. The first-order chi connectivity index (χ1) is 30.1. The molecule has 4 nitrogen and oxygen atoms in total. The minimum atomic E-state index is 0.164. The predicted octanol–water partition coefficient (Wildman–Crippen LogP) is 12.8. The van der Waals surface area contributed by atoms with Gasteiger partial charge in [0.15, 0.2) is 0 Å². The van der Waals surface area contributed by atoms with Crippen LogP contribution < -0.4 is 4.90 Å². The SMILES string of the molecule is CC1C=C(C2C3C=CCCC3=C(c3ccc(C#N)cc3)C3C=CC=CC32)C(C2=C3C=CC=CC3C(c3ccc(C#N)cc3)C3CCC=CC23)CN2CC(=Nc3ccccc32)S1. The molecule has 5 heteroatoms. The van der Waals surface area contributed by atoms with Gasteiger partial charge in [-0.05, 0) is 115 Å². The summed E-state index contributed by atoms with van der Waals surface area (Å²) in [6.45, 7) is 4.12. The first-order valence-corrected chi connectivity index (χ1v) is 23.3. The van der Waals surface area contributed by atoms with Crippen LogP contribution in [0.25, 0.3) is 5.57 Å². The number of benzene rings is 3. The first-order valence-electron chi connectivity index (χ1n) is 22.4. The van der Waals surface area contributed by atoms with E-state index in [1.54, 1.807) is 16.7 Å². The molecule has 300 valence electrons. The molecule has 3 aromatic rings. The van der Waals surface area contributed by atoms with E-state index in [0.29, 0.717) is 17.4 Å². The van der Waals surface area contributed by atoms with Gasteiger partial charge < -0.3 is 4.90 Å². The minimum Gasteiger partial charge on any atom is -0.362 e. The van der Waals surface area contributed by atoms with Gasteiger partial charge in [0, 0.05) is 41.4 Å². The summed E-state index contributed by atoms with van der Waals surface area (Å²) in [5.41, 5.74) is 14.1. The molecule has 10 unspecified atom stereocenters. The van der Waals surface area contributed by atoms with Gasteiger partial charge in [-0.15, -0.1) is 11.8 Å². The molecule has 0 saturated heterocycles. The third kappa shape index (κ3) is 6.61. The van der Waals surface area contributed by atoms with E-state index in [1.165, 1.54) is 33.0 Å². The molecule has 6 aliphatic carbocycles. The largest absolute Gasteiger partial charge is 0.362 e. The molecule has 2 aliphatic heterocycles. The highest BCUT2D eigenvalue weighted by atomic mass is 32.2. The number of nitriles is 2. The van der Waals surface area contributed by atoms with Crippen LogP contribution in [0.3, 0.4) is 0 Å². The molecule has 8 aliphatic rings. The molecule has 0 fully saturated rings. The topological polar surface area (TPSA) is 63.2 Å². The Labute approximate surface area is 365 Å². The van der Waals surface area contributed by atoms with Crippen molar-refractivity contribution in [3.63, 3.8) is 0 Å². The number of rotatable bonds is 4. The van der Waals surface area contributed by atoms with E-state index in [0.717, 1.165) is 50.0 Å². The fourth-order valence-corrected chi connectivity index (χ4v) is 13.6. The van der Waals surface area contributed by atoms with Crippen LogP contribution in [-0.4, -0.2) is 23.4 Å². The summed E-state index contributed by atoms with van der Waals surface area (Å²) in [6.07, 6.45) is 36.3. The average Bonchev–Trinajstić information content (AvgIpc) is 3.36. The lowest BCUT2D eigenvalue weighted by molar-refractivity contribution is 0.247. The molecule has 0 radical (unpaired) electrons. The van der Waals surface area contributed by atoms with Crippen LogP contribution >= 0.6 is 11.8 Å². The zero-order chi connectivity index (χ0) is 41.0. The fourth-order valence-electron chi connectivity index (χ4n) is 12.6. The molecular weight excluding hydrogens is 761 g/mol.